The molecular weight excluding hydrogens is 205 g/mol. The number of hydrogen-bond acceptors (Lipinski definition) is 1. The Labute approximate surface area is 58.3 Å². The SMILES string of the molecule is [B]SCC[B]I. The summed E-state index contributed by atoms with van der Waals surface area (Å²) in [5.74, 6) is 1.04. The van der Waals surface area contributed by atoms with Crippen LogP contribution >= 0.6 is 34.0 Å². The zero-order valence-corrected chi connectivity index (χ0v) is 6.33. The molecule has 0 aliphatic rings. The molecule has 0 amide bonds. The van der Waals surface area contributed by atoms with Crippen molar-refractivity contribution in [3.63, 3.8) is 0 Å². The molecule has 31 valence electrons. The monoisotopic (exact) mass is 209 g/mol. The van der Waals surface area contributed by atoms with E-state index >= 15 is 0 Å². The van der Waals surface area contributed by atoms with Gasteiger partial charge in [-0.2, -0.15) is 22.4 Å². The summed E-state index contributed by atoms with van der Waals surface area (Å²) in [6, 6.07) is 0. The molecule has 0 aromatic carbocycles. The van der Waals surface area contributed by atoms with E-state index in [0.29, 0.717) is 0 Å². The smallest absolute Gasteiger partial charge is 0.200 e. The molecule has 0 atom stereocenters. The maximum atomic E-state index is 5.11. The van der Waals surface area contributed by atoms with Crippen LogP contribution in [0.1, 0.15) is 0 Å². The molecule has 0 aliphatic heterocycles. The molecule has 0 aromatic heterocycles. The maximum absolute atomic E-state index is 5.11. The minimum absolute atomic E-state index is 1.04. The summed E-state index contributed by atoms with van der Waals surface area (Å²) in [5, 5.41) is 2.08. The summed E-state index contributed by atoms with van der Waals surface area (Å²) < 4.78 is 0. The molecule has 0 saturated heterocycles. The zero-order valence-electron chi connectivity index (χ0n) is 3.36. The van der Waals surface area contributed by atoms with Crippen molar-refractivity contribution in [2.45, 2.75) is 6.32 Å². The van der Waals surface area contributed by atoms with Crippen molar-refractivity contribution in [3.05, 3.63) is 0 Å². The molecule has 0 aromatic rings. The predicted octanol–water partition coefficient (Wildman–Crippen LogP) is 1.28. The first-order valence-corrected chi connectivity index (χ1v) is 3.95. The quantitative estimate of drug-likeness (QED) is 0.383. The van der Waals surface area contributed by atoms with Crippen molar-refractivity contribution in [3.8, 4) is 0 Å². The highest BCUT2D eigenvalue weighted by molar-refractivity contribution is 14.1. The lowest BCUT2D eigenvalue weighted by atomic mass is 10.1. The summed E-state index contributed by atoms with van der Waals surface area (Å²) in [5.41, 5.74) is 0. The Morgan fingerprint density at radius 1 is 1.83 bits per heavy atom. The predicted molar refractivity (Wildman–Crippen MR) is 42.8 cm³/mol. The van der Waals surface area contributed by atoms with Gasteiger partial charge in [0.15, 0.2) is 7.12 Å². The van der Waals surface area contributed by atoms with E-state index in [1.54, 1.807) is 0 Å². The van der Waals surface area contributed by atoms with Crippen molar-refractivity contribution in [2.24, 2.45) is 0 Å². The van der Waals surface area contributed by atoms with Gasteiger partial charge in [-0.25, -0.2) is 11.6 Å². The third-order valence-electron chi connectivity index (χ3n) is 0.345. The molecule has 3 radical (unpaired) electrons. The third kappa shape index (κ3) is 5.21. The van der Waals surface area contributed by atoms with Crippen molar-refractivity contribution in [1.82, 2.24) is 0 Å². The van der Waals surface area contributed by atoms with Gasteiger partial charge in [0.25, 0.3) is 0 Å². The molecular formula is C2H4B2IS. The van der Waals surface area contributed by atoms with Crippen molar-refractivity contribution >= 4 is 46.2 Å². The Hall–Kier alpha value is 1.21. The Kier molecular flexibility index (Phi) is 7.46. The highest BCUT2D eigenvalue weighted by Crippen LogP contribution is 1.95. The first-order valence-electron chi connectivity index (χ1n) is 1.65. The molecule has 0 bridgehead atoms. The largest absolute Gasteiger partial charge is 0.228 e. The van der Waals surface area contributed by atoms with Crippen LogP contribution in [0.3, 0.4) is 0 Å². The Bertz CT molecular complexity index is 23.5. The van der Waals surface area contributed by atoms with Crippen LogP contribution < -0.4 is 0 Å². The van der Waals surface area contributed by atoms with Crippen LogP contribution in [0.5, 0.6) is 0 Å². The lowest BCUT2D eigenvalue weighted by Crippen LogP contribution is -1.78. The van der Waals surface area contributed by atoms with Crippen LogP contribution in [0, 0.1) is 0 Å². The zero-order chi connectivity index (χ0) is 4.83. The van der Waals surface area contributed by atoms with Gasteiger partial charge in [-0.3, -0.25) is 0 Å². The summed E-state index contributed by atoms with van der Waals surface area (Å²) in [4.78, 5) is 0. The van der Waals surface area contributed by atoms with Gasteiger partial charge < -0.3 is 0 Å². The second kappa shape index (κ2) is 6.21. The Morgan fingerprint density at radius 2 is 2.50 bits per heavy atom. The summed E-state index contributed by atoms with van der Waals surface area (Å²) in [6.45, 7) is 0. The van der Waals surface area contributed by atoms with Crippen molar-refractivity contribution in [2.75, 3.05) is 5.75 Å². The van der Waals surface area contributed by atoms with E-state index in [-0.39, 0.29) is 0 Å². The van der Waals surface area contributed by atoms with Gasteiger partial charge in [0.05, 0.1) is 0 Å². The molecule has 0 saturated carbocycles. The maximum Gasteiger partial charge on any atom is 0.200 e. The summed E-state index contributed by atoms with van der Waals surface area (Å²) >= 11 is 3.61. The molecule has 0 aliphatic carbocycles. The lowest BCUT2D eigenvalue weighted by molar-refractivity contribution is 1.52. The van der Waals surface area contributed by atoms with Gasteiger partial charge in [0.1, 0.15) is 0 Å². The van der Waals surface area contributed by atoms with Crippen LogP contribution in [0.25, 0.3) is 0 Å². The van der Waals surface area contributed by atoms with Crippen molar-refractivity contribution in [1.29, 1.82) is 0 Å². The van der Waals surface area contributed by atoms with Crippen LogP contribution in [0.2, 0.25) is 6.32 Å². The molecule has 0 N–H and O–H groups in total. The second-order valence-corrected chi connectivity index (χ2v) is 2.44. The summed E-state index contributed by atoms with van der Waals surface area (Å²) in [6.07, 6.45) is 1.11. The van der Waals surface area contributed by atoms with Gasteiger partial charge in [-0.15, -0.1) is 0 Å². The molecule has 0 nitrogen and oxygen atoms in total. The fraction of sp³-hybridized carbons (Fsp3) is 1.00. The van der Waals surface area contributed by atoms with E-state index in [0.717, 1.165) is 12.1 Å². The number of rotatable bonds is 3. The van der Waals surface area contributed by atoms with Crippen LogP contribution in [-0.4, -0.2) is 18.0 Å². The highest BCUT2D eigenvalue weighted by Gasteiger charge is 1.79. The average Bonchev–Trinajstić information content (AvgIpc) is 1.61. The Balaban J connectivity index is 2.34. The molecule has 0 heterocycles. The topological polar surface area (TPSA) is 0 Å². The van der Waals surface area contributed by atoms with Crippen LogP contribution in [-0.2, 0) is 0 Å². The minimum atomic E-state index is 1.04. The Morgan fingerprint density at radius 3 is 2.67 bits per heavy atom. The van der Waals surface area contributed by atoms with Crippen molar-refractivity contribution < 1.29 is 0 Å². The average molecular weight is 209 g/mol. The van der Waals surface area contributed by atoms with Gasteiger partial charge in [0, 0.05) is 0 Å². The number of hydrogen-bond donors (Lipinski definition) is 0. The molecule has 0 unspecified atom stereocenters. The molecule has 0 rings (SSSR count). The molecule has 4 heteroatoms. The van der Waals surface area contributed by atoms with E-state index in [2.05, 4.69) is 27.5 Å². The van der Waals surface area contributed by atoms with E-state index in [1.807, 2.05) is 0 Å². The van der Waals surface area contributed by atoms with E-state index in [4.69, 9.17) is 7.12 Å². The second-order valence-electron chi connectivity index (χ2n) is 0.814. The summed E-state index contributed by atoms with van der Waals surface area (Å²) in [7, 11) is 5.11. The standard InChI is InChI=1S/C2H4B2IS/c3-6-2-1-4-5/h1-2H2. The highest BCUT2D eigenvalue weighted by atomic mass is 127. The minimum Gasteiger partial charge on any atom is -0.228 e. The molecule has 0 spiro atoms. The normalized spacial score (nSPS) is 8.17. The molecule has 0 fully saturated rings. The fourth-order valence-electron chi connectivity index (χ4n) is 0.113. The van der Waals surface area contributed by atoms with Gasteiger partial charge >= 0.3 is 0 Å². The van der Waals surface area contributed by atoms with Gasteiger partial charge in [-0.1, -0.05) is 6.32 Å². The molecule has 6 heavy (non-hydrogen) atoms. The van der Waals surface area contributed by atoms with Gasteiger partial charge in [0.2, 0.25) is 5.14 Å². The van der Waals surface area contributed by atoms with E-state index in [9.17, 15) is 0 Å². The number of halogens is 1. The first-order chi connectivity index (χ1) is 2.91. The third-order valence-corrected chi connectivity index (χ3v) is 1.44. The van der Waals surface area contributed by atoms with Gasteiger partial charge in [-0.05, 0) is 5.75 Å². The van der Waals surface area contributed by atoms with Crippen LogP contribution in [0.4, 0.5) is 0 Å². The van der Waals surface area contributed by atoms with E-state index < -0.39 is 0 Å². The van der Waals surface area contributed by atoms with E-state index in [1.165, 1.54) is 11.6 Å². The lowest BCUT2D eigenvalue weighted by Gasteiger charge is -1.84. The fourth-order valence-corrected chi connectivity index (χ4v) is 1.10. The first kappa shape index (κ1) is 7.21. The van der Waals surface area contributed by atoms with Crippen LogP contribution in [0.15, 0.2) is 0 Å².